The molecule has 0 bridgehead atoms. The van der Waals surface area contributed by atoms with Crippen molar-refractivity contribution in [3.8, 4) is 0 Å². The summed E-state index contributed by atoms with van der Waals surface area (Å²) >= 11 is 0. The van der Waals surface area contributed by atoms with Crippen molar-refractivity contribution in [2.75, 3.05) is 14.1 Å². The Kier molecular flexibility index (Phi) is 4.42. The lowest BCUT2D eigenvalue weighted by Gasteiger charge is -2.33. The van der Waals surface area contributed by atoms with E-state index in [1.54, 1.807) is 0 Å². The van der Waals surface area contributed by atoms with E-state index in [1.165, 1.54) is 21.5 Å². The first-order valence-electron chi connectivity index (χ1n) is 10.0. The van der Waals surface area contributed by atoms with Gasteiger partial charge >= 0.3 is 0 Å². The molecule has 0 fully saturated rings. The minimum absolute atomic E-state index is 0.118. The van der Waals surface area contributed by atoms with Gasteiger partial charge < -0.3 is 4.57 Å². The zero-order valence-electron chi connectivity index (χ0n) is 16.7. The minimum atomic E-state index is -2.79. The summed E-state index contributed by atoms with van der Waals surface area (Å²) in [6, 6.07) is 29.5. The number of nitrogens with zero attached hydrogens (tertiary/aromatic N) is 1. The number of hydrogen-bond acceptors (Lipinski definition) is 1. The molecule has 2 atom stereocenters. The van der Waals surface area contributed by atoms with Crippen LogP contribution < -0.4 is 0 Å². The Morgan fingerprint density at radius 2 is 1.03 bits per heavy atom. The lowest BCUT2D eigenvalue weighted by atomic mass is 10.0. The molecule has 4 aromatic rings. The van der Waals surface area contributed by atoms with Crippen LogP contribution in [0.2, 0.25) is 0 Å². The van der Waals surface area contributed by atoms with Gasteiger partial charge in [0, 0.05) is 0 Å². The van der Waals surface area contributed by atoms with E-state index in [9.17, 15) is 4.57 Å². The highest BCUT2D eigenvalue weighted by Gasteiger charge is 2.46. The Hall–Kier alpha value is -2.67. The third-order valence-electron chi connectivity index (χ3n) is 6.18. The molecular formula is C26H24NOP. The number of allylic oxidation sites excluding steroid dienone is 2. The summed E-state index contributed by atoms with van der Waals surface area (Å²) in [4.78, 5) is 0. The van der Waals surface area contributed by atoms with E-state index < -0.39 is 7.29 Å². The topological polar surface area (TPSA) is 20.3 Å². The van der Waals surface area contributed by atoms with Crippen molar-refractivity contribution in [2.24, 2.45) is 0 Å². The fourth-order valence-corrected chi connectivity index (χ4v) is 8.03. The number of fused-ring (bicyclic) bond motifs is 2. The number of hydrogen-bond donors (Lipinski definition) is 0. The Labute approximate surface area is 171 Å². The Morgan fingerprint density at radius 1 is 0.621 bits per heavy atom. The molecule has 0 aliphatic carbocycles. The summed E-state index contributed by atoms with van der Waals surface area (Å²) in [5.41, 5.74) is 2.07. The van der Waals surface area contributed by atoms with Crippen molar-refractivity contribution in [1.29, 1.82) is 0 Å². The fourth-order valence-electron chi connectivity index (χ4n) is 4.75. The lowest BCUT2D eigenvalue weighted by Crippen LogP contribution is -2.15. The summed E-state index contributed by atoms with van der Waals surface area (Å²) in [7, 11) is 1.13. The van der Waals surface area contributed by atoms with E-state index in [4.69, 9.17) is 0 Å². The van der Waals surface area contributed by atoms with Crippen LogP contribution in [-0.2, 0) is 4.57 Å². The molecule has 0 spiro atoms. The molecule has 4 aromatic carbocycles. The quantitative estimate of drug-likeness (QED) is 0.269. The predicted molar refractivity (Wildman–Crippen MR) is 124 cm³/mol. The van der Waals surface area contributed by atoms with Gasteiger partial charge in [-0.25, -0.2) is 0 Å². The van der Waals surface area contributed by atoms with E-state index in [-0.39, 0.29) is 11.3 Å². The van der Waals surface area contributed by atoms with Crippen molar-refractivity contribution in [2.45, 2.75) is 11.3 Å². The average molecular weight is 397 g/mol. The van der Waals surface area contributed by atoms with E-state index in [0.29, 0.717) is 0 Å². The normalized spacial score (nSPS) is 24.0. The second-order valence-corrected chi connectivity index (χ2v) is 11.2. The molecule has 0 radical (unpaired) electrons. The maximum absolute atomic E-state index is 14.7. The summed E-state index contributed by atoms with van der Waals surface area (Å²) in [6.07, 6.45) is 4.35. The summed E-state index contributed by atoms with van der Waals surface area (Å²) in [5, 5.41) is 4.75. The first kappa shape index (κ1) is 18.4. The Bertz CT molecular complexity index is 1190. The Balaban J connectivity index is 1.71. The van der Waals surface area contributed by atoms with E-state index >= 15 is 0 Å². The maximum Gasteiger partial charge on any atom is 0.171 e. The predicted octanol–water partition coefficient (Wildman–Crippen LogP) is 7.18. The monoisotopic (exact) mass is 397 g/mol. The number of rotatable bonds is 3. The van der Waals surface area contributed by atoms with Gasteiger partial charge in [0.25, 0.3) is 0 Å². The molecule has 29 heavy (non-hydrogen) atoms. The van der Waals surface area contributed by atoms with Gasteiger partial charge in [-0.15, -0.1) is 0 Å². The third kappa shape index (κ3) is 2.79. The van der Waals surface area contributed by atoms with Crippen LogP contribution in [0, 0.1) is 0 Å². The molecule has 0 saturated carbocycles. The van der Waals surface area contributed by atoms with Crippen LogP contribution in [-0.4, -0.2) is 18.8 Å². The molecule has 1 heterocycles. The lowest BCUT2D eigenvalue weighted by molar-refractivity contribution is 0.505. The molecule has 144 valence electrons. The van der Waals surface area contributed by atoms with Gasteiger partial charge in [0.1, 0.15) is 0 Å². The van der Waals surface area contributed by atoms with Crippen LogP contribution in [0.5, 0.6) is 0 Å². The van der Waals surface area contributed by atoms with Gasteiger partial charge in [0.05, 0.1) is 11.3 Å². The van der Waals surface area contributed by atoms with Gasteiger partial charge in [0.2, 0.25) is 0 Å². The van der Waals surface area contributed by atoms with Gasteiger partial charge in [-0.3, -0.25) is 4.67 Å². The summed E-state index contributed by atoms with van der Waals surface area (Å²) in [5.74, 6) is 0. The van der Waals surface area contributed by atoms with Crippen LogP contribution in [0.15, 0.2) is 97.1 Å². The van der Waals surface area contributed by atoms with Crippen molar-refractivity contribution >= 4 is 28.8 Å². The van der Waals surface area contributed by atoms with Crippen molar-refractivity contribution in [1.82, 2.24) is 4.67 Å². The molecule has 1 aliphatic heterocycles. The van der Waals surface area contributed by atoms with Crippen LogP contribution in [0.4, 0.5) is 0 Å². The second-order valence-electron chi connectivity index (χ2n) is 7.93. The summed E-state index contributed by atoms with van der Waals surface area (Å²) < 4.78 is 16.7. The highest BCUT2D eigenvalue weighted by molar-refractivity contribution is 7.63. The van der Waals surface area contributed by atoms with Crippen LogP contribution >= 0.6 is 7.29 Å². The highest BCUT2D eigenvalue weighted by atomic mass is 31.2. The zero-order valence-corrected chi connectivity index (χ0v) is 17.6. The molecule has 0 aromatic heterocycles. The number of benzene rings is 4. The molecule has 0 amide bonds. The second kappa shape index (κ2) is 6.99. The standard InChI is InChI=1S/C26H24NOP/c1-27(2)29(28)25(23-15-7-11-19-9-3-5-13-21(19)23)17-18-26(29)24-16-8-12-20-10-4-6-14-22(20)24/h3-18,25-26H,1-2H3. The molecule has 5 rings (SSSR count). The molecule has 0 N–H and O–H groups in total. The maximum atomic E-state index is 14.7. The largest absolute Gasteiger partial charge is 0.305 e. The highest BCUT2D eigenvalue weighted by Crippen LogP contribution is 2.75. The van der Waals surface area contributed by atoms with Gasteiger partial charge in [-0.1, -0.05) is 97.1 Å². The molecule has 0 saturated heterocycles. The third-order valence-corrected chi connectivity index (χ3v) is 9.93. The smallest absolute Gasteiger partial charge is 0.171 e. The molecule has 1 aliphatic rings. The zero-order chi connectivity index (χ0) is 20.0. The van der Waals surface area contributed by atoms with Crippen molar-refractivity contribution in [3.05, 3.63) is 108 Å². The van der Waals surface area contributed by atoms with Gasteiger partial charge in [-0.2, -0.15) is 0 Å². The fraction of sp³-hybridized carbons (Fsp3) is 0.154. The molecular weight excluding hydrogens is 373 g/mol. The van der Waals surface area contributed by atoms with E-state index in [1.807, 2.05) is 18.8 Å². The average Bonchev–Trinajstić information content (AvgIpc) is 3.11. The van der Waals surface area contributed by atoms with Crippen LogP contribution in [0.1, 0.15) is 22.4 Å². The molecule has 2 unspecified atom stereocenters. The van der Waals surface area contributed by atoms with E-state index in [2.05, 4.69) is 97.1 Å². The first-order valence-corrected chi connectivity index (χ1v) is 11.8. The van der Waals surface area contributed by atoms with E-state index in [0.717, 1.165) is 11.1 Å². The SMILES string of the molecule is CN(C)P1(=O)C(c2cccc3ccccc23)C=CC1c1cccc2ccccc12. The van der Waals surface area contributed by atoms with Crippen LogP contribution in [0.3, 0.4) is 0 Å². The van der Waals surface area contributed by atoms with Gasteiger partial charge in [0.15, 0.2) is 7.29 Å². The van der Waals surface area contributed by atoms with Crippen LogP contribution in [0.25, 0.3) is 21.5 Å². The minimum Gasteiger partial charge on any atom is -0.305 e. The summed E-state index contributed by atoms with van der Waals surface area (Å²) in [6.45, 7) is 0. The van der Waals surface area contributed by atoms with Gasteiger partial charge in [-0.05, 0) is 46.8 Å². The molecule has 2 nitrogen and oxygen atoms in total. The first-order chi connectivity index (χ1) is 14.1. The van der Waals surface area contributed by atoms with Crippen molar-refractivity contribution in [3.63, 3.8) is 0 Å². The Morgan fingerprint density at radius 3 is 1.48 bits per heavy atom. The van der Waals surface area contributed by atoms with Crippen molar-refractivity contribution < 1.29 is 4.57 Å². The molecule has 3 heteroatoms.